The van der Waals surface area contributed by atoms with Crippen LogP contribution in [0.2, 0.25) is 5.02 Å². The third-order valence-electron chi connectivity index (χ3n) is 12.6. The number of aromatic nitrogens is 5. The van der Waals surface area contributed by atoms with Gasteiger partial charge in [0.05, 0.1) is 28.5 Å². The van der Waals surface area contributed by atoms with Crippen molar-refractivity contribution >= 4 is 67.1 Å². The van der Waals surface area contributed by atoms with Gasteiger partial charge in [0.15, 0.2) is 0 Å². The fourth-order valence-electron chi connectivity index (χ4n) is 8.30. The lowest BCUT2D eigenvalue weighted by molar-refractivity contribution is 0.102. The first-order valence-corrected chi connectivity index (χ1v) is 27.3. The molecule has 0 saturated carbocycles. The highest BCUT2D eigenvalue weighted by Gasteiger charge is 2.16. The lowest BCUT2D eigenvalue weighted by Gasteiger charge is -2.32. The Morgan fingerprint density at radius 3 is 2.42 bits per heavy atom. The standard InChI is InChI=1S/C29H26ClFN4O4S.C29H31N7O/c1-40(36,37)12-11-32-16-23-7-10-27(39-23)20-5-8-26-24(14-20)29(34-18-33-26)35-22-6-9-28(25(30)15-22)38-17-19-3-2-4-21(31)13-19;1-21-5-10-25(18-27(21)34-29-31-13-11-26(33-29)24-4-3-12-30-19-24)32-28(37)23-8-6-22(7-9-23)20-36-16-14-35(2)15-17-36/h2-10,13-15,18,32H,11-12,16-17H2,1H3,(H,33,34,35);3-13,18-19H,14-17,20H2,1-2H3,(H,32,37)(H,31,33,34). The Morgan fingerprint density at radius 2 is 1.64 bits per heavy atom. The van der Waals surface area contributed by atoms with Gasteiger partial charge in [-0.3, -0.25) is 14.7 Å². The maximum atomic E-state index is 13.4. The molecule has 1 amide bonds. The summed E-state index contributed by atoms with van der Waals surface area (Å²) in [6.07, 6.45) is 7.91. The van der Waals surface area contributed by atoms with Crippen LogP contribution >= 0.6 is 11.6 Å². The third kappa shape index (κ3) is 15.3. The minimum atomic E-state index is -3.02. The van der Waals surface area contributed by atoms with Crippen molar-refractivity contribution in [2.75, 3.05) is 67.7 Å². The lowest BCUT2D eigenvalue weighted by atomic mass is 10.1. The number of fused-ring (bicyclic) bond motifs is 1. The van der Waals surface area contributed by atoms with Gasteiger partial charge in [-0.05, 0) is 134 Å². The molecule has 77 heavy (non-hydrogen) atoms. The van der Waals surface area contributed by atoms with Gasteiger partial charge in [0.25, 0.3) is 5.91 Å². The number of rotatable bonds is 18. The molecule has 10 rings (SSSR count). The number of carbonyl (C=O) groups excluding carboxylic acids is 1. The van der Waals surface area contributed by atoms with Crippen LogP contribution in [0.3, 0.4) is 0 Å². The molecular weight excluding hydrogens is 1020 g/mol. The van der Waals surface area contributed by atoms with E-state index < -0.39 is 9.84 Å². The van der Waals surface area contributed by atoms with Crippen LogP contribution in [0.1, 0.15) is 32.8 Å². The second-order valence-corrected chi connectivity index (χ2v) is 21.3. The molecule has 1 aliphatic rings. The summed E-state index contributed by atoms with van der Waals surface area (Å²) < 4.78 is 47.8. The van der Waals surface area contributed by atoms with Crippen molar-refractivity contribution in [1.82, 2.24) is 40.0 Å². The molecule has 1 saturated heterocycles. The second-order valence-electron chi connectivity index (χ2n) is 18.6. The van der Waals surface area contributed by atoms with E-state index in [-0.39, 0.29) is 24.1 Å². The number of benzene rings is 5. The normalized spacial score (nSPS) is 12.9. The number of amides is 1. The number of hydrogen-bond acceptors (Lipinski definition) is 15. The molecule has 0 radical (unpaired) electrons. The summed E-state index contributed by atoms with van der Waals surface area (Å²) in [5, 5.41) is 13.8. The number of nitrogens with one attached hydrogen (secondary N) is 4. The Kier molecular flexibility index (Phi) is 17.5. The first kappa shape index (κ1) is 53.7. The first-order chi connectivity index (χ1) is 37.3. The fraction of sp³-hybridized carbons (Fsp3) is 0.207. The quantitative estimate of drug-likeness (QED) is 0.0593. The summed E-state index contributed by atoms with van der Waals surface area (Å²) >= 11 is 6.47. The predicted octanol–water partition coefficient (Wildman–Crippen LogP) is 10.7. The largest absolute Gasteiger partial charge is 0.487 e. The minimum absolute atomic E-state index is 0.0664. The van der Waals surface area contributed by atoms with E-state index in [9.17, 15) is 17.6 Å². The Balaban J connectivity index is 0.000000188. The van der Waals surface area contributed by atoms with E-state index in [0.717, 1.165) is 71.7 Å². The number of likely N-dealkylation sites (N-methyl/N-ethyl adjacent to an activating group) is 1. The molecule has 0 aliphatic carbocycles. The van der Waals surface area contributed by atoms with Crippen molar-refractivity contribution in [3.05, 3.63) is 197 Å². The van der Waals surface area contributed by atoms with Crippen molar-refractivity contribution in [2.24, 2.45) is 0 Å². The summed E-state index contributed by atoms with van der Waals surface area (Å²) in [4.78, 5) is 39.7. The number of nitrogens with zero attached hydrogens (tertiary/aromatic N) is 7. The Labute approximate surface area is 451 Å². The summed E-state index contributed by atoms with van der Waals surface area (Å²) in [6, 6.07) is 40.3. The number of furan rings is 1. The third-order valence-corrected chi connectivity index (χ3v) is 13.8. The van der Waals surface area contributed by atoms with Gasteiger partial charge in [0, 0.05) is 103 Å². The number of piperazine rings is 1. The molecule has 0 atom stereocenters. The number of carbonyl (C=O) groups is 1. The van der Waals surface area contributed by atoms with E-state index in [0.29, 0.717) is 69.7 Å². The molecule has 0 bridgehead atoms. The summed E-state index contributed by atoms with van der Waals surface area (Å²) in [7, 11) is -0.859. The van der Waals surface area contributed by atoms with Crippen LogP contribution in [-0.2, 0) is 29.5 Å². The van der Waals surface area contributed by atoms with Gasteiger partial charge in [-0.2, -0.15) is 0 Å². The maximum absolute atomic E-state index is 13.4. The number of pyridine rings is 1. The summed E-state index contributed by atoms with van der Waals surface area (Å²) in [6.45, 7) is 8.19. The smallest absolute Gasteiger partial charge is 0.255 e. The lowest BCUT2D eigenvalue weighted by Crippen LogP contribution is -2.43. The van der Waals surface area contributed by atoms with Gasteiger partial charge in [-0.25, -0.2) is 32.7 Å². The predicted molar refractivity (Wildman–Crippen MR) is 301 cm³/mol. The van der Waals surface area contributed by atoms with Crippen LogP contribution in [0.5, 0.6) is 5.75 Å². The van der Waals surface area contributed by atoms with E-state index in [1.807, 2.05) is 104 Å². The number of sulfone groups is 1. The Bertz CT molecular complexity index is 3580. The average Bonchev–Trinajstić information content (AvgIpc) is 3.91. The molecule has 19 heteroatoms. The highest BCUT2D eigenvalue weighted by Crippen LogP contribution is 2.33. The monoisotopic (exact) mass is 1070 g/mol. The number of anilines is 5. The number of aryl methyl sites for hydroxylation is 1. The molecular formula is C58H57ClFN11O5S. The van der Waals surface area contributed by atoms with E-state index in [1.54, 1.807) is 42.9 Å². The van der Waals surface area contributed by atoms with Gasteiger partial charge < -0.3 is 35.3 Å². The van der Waals surface area contributed by atoms with E-state index in [2.05, 4.69) is 63.0 Å². The average molecular weight is 1070 g/mol. The topological polar surface area (TPSA) is 193 Å². The van der Waals surface area contributed by atoms with E-state index in [1.165, 1.54) is 30.3 Å². The van der Waals surface area contributed by atoms with Crippen LogP contribution in [0.15, 0.2) is 163 Å². The highest BCUT2D eigenvalue weighted by molar-refractivity contribution is 7.90. The molecule has 5 heterocycles. The molecule has 9 aromatic rings. The van der Waals surface area contributed by atoms with Crippen LogP contribution in [0.25, 0.3) is 33.5 Å². The first-order valence-electron chi connectivity index (χ1n) is 24.9. The summed E-state index contributed by atoms with van der Waals surface area (Å²) in [5.41, 5.74) is 9.07. The van der Waals surface area contributed by atoms with Crippen molar-refractivity contribution in [1.29, 1.82) is 0 Å². The molecule has 0 spiro atoms. The molecule has 0 unspecified atom stereocenters. The SMILES string of the molecule is CS(=O)(=O)CCNCc1ccc(-c2ccc3ncnc(Nc4ccc(OCc5cccc(F)c5)c(Cl)c4)c3c2)o1.Cc1ccc(NC(=O)c2ccc(CN3CCN(C)CC3)cc2)cc1Nc1nccc(-c2cccnc2)n1. The van der Waals surface area contributed by atoms with Crippen molar-refractivity contribution in [3.63, 3.8) is 0 Å². The number of ether oxygens (including phenoxy) is 1. The summed E-state index contributed by atoms with van der Waals surface area (Å²) in [5.74, 6) is 2.51. The molecule has 394 valence electrons. The zero-order chi connectivity index (χ0) is 53.7. The molecule has 1 fully saturated rings. The van der Waals surface area contributed by atoms with Gasteiger partial charge in [0.2, 0.25) is 5.95 Å². The van der Waals surface area contributed by atoms with Gasteiger partial charge in [-0.15, -0.1) is 0 Å². The Morgan fingerprint density at radius 1 is 0.805 bits per heavy atom. The van der Waals surface area contributed by atoms with Gasteiger partial charge in [0.1, 0.15) is 51.7 Å². The van der Waals surface area contributed by atoms with Crippen LogP contribution in [0.4, 0.5) is 33.2 Å². The number of halogens is 2. The minimum Gasteiger partial charge on any atom is -0.487 e. The van der Waals surface area contributed by atoms with E-state index in [4.69, 9.17) is 20.8 Å². The van der Waals surface area contributed by atoms with Crippen LogP contribution < -0.4 is 26.0 Å². The molecule has 4 aromatic heterocycles. The molecule has 4 N–H and O–H groups in total. The second kappa shape index (κ2) is 25.1. The molecule has 5 aromatic carbocycles. The highest BCUT2D eigenvalue weighted by atomic mass is 35.5. The van der Waals surface area contributed by atoms with Crippen LogP contribution in [-0.4, -0.2) is 101 Å². The maximum Gasteiger partial charge on any atom is 0.255 e. The van der Waals surface area contributed by atoms with Crippen molar-refractivity contribution in [2.45, 2.75) is 26.6 Å². The zero-order valence-corrected chi connectivity index (χ0v) is 44.3. The fourth-order valence-corrected chi connectivity index (χ4v) is 9.05. The zero-order valence-electron chi connectivity index (χ0n) is 42.7. The van der Waals surface area contributed by atoms with Crippen LogP contribution in [0, 0.1) is 12.7 Å². The molecule has 1 aliphatic heterocycles. The Hall–Kier alpha value is -8.13. The van der Waals surface area contributed by atoms with Gasteiger partial charge in [-0.1, -0.05) is 41.9 Å². The van der Waals surface area contributed by atoms with Gasteiger partial charge >= 0.3 is 0 Å². The van der Waals surface area contributed by atoms with E-state index >= 15 is 0 Å². The van der Waals surface area contributed by atoms with Crippen molar-refractivity contribution < 1.29 is 26.8 Å². The molecule has 16 nitrogen and oxygen atoms in total. The number of hydrogen-bond donors (Lipinski definition) is 4. The van der Waals surface area contributed by atoms with Crippen molar-refractivity contribution in [3.8, 4) is 28.3 Å².